The van der Waals surface area contributed by atoms with Crippen LogP contribution in [0.5, 0.6) is 0 Å². The average Bonchev–Trinajstić information content (AvgIpc) is 2.65. The van der Waals surface area contributed by atoms with Crippen molar-refractivity contribution in [3.63, 3.8) is 0 Å². The van der Waals surface area contributed by atoms with E-state index in [1.165, 1.54) is 37.7 Å². The second-order valence-electron chi connectivity index (χ2n) is 7.72. The zero-order valence-electron chi connectivity index (χ0n) is 16.9. The van der Waals surface area contributed by atoms with E-state index < -0.39 is 15.9 Å². The number of halogens is 1. The van der Waals surface area contributed by atoms with Gasteiger partial charge >= 0.3 is 0 Å². The van der Waals surface area contributed by atoms with E-state index in [0.29, 0.717) is 12.6 Å². The first kappa shape index (κ1) is 24.9. The summed E-state index contributed by atoms with van der Waals surface area (Å²) >= 11 is 0. The molecule has 1 saturated carbocycles. The van der Waals surface area contributed by atoms with E-state index >= 15 is 0 Å². The number of hydrogen-bond acceptors (Lipinski definition) is 5. The summed E-state index contributed by atoms with van der Waals surface area (Å²) in [5.74, 6) is -0.390. The molecule has 2 rings (SSSR count). The highest BCUT2D eigenvalue weighted by Gasteiger charge is 2.19. The minimum atomic E-state index is -3.12. The third-order valence-electron chi connectivity index (χ3n) is 5.33. The van der Waals surface area contributed by atoms with Crippen molar-refractivity contribution in [2.75, 3.05) is 19.1 Å². The third kappa shape index (κ3) is 8.47. The summed E-state index contributed by atoms with van der Waals surface area (Å²) in [5, 5.41) is 2.85. The summed E-state index contributed by atoms with van der Waals surface area (Å²) in [6.07, 6.45) is 7.74. The van der Waals surface area contributed by atoms with Gasteiger partial charge in [-0.2, -0.15) is 0 Å². The van der Waals surface area contributed by atoms with Crippen LogP contribution in [-0.4, -0.2) is 50.4 Å². The Kier molecular flexibility index (Phi) is 10.4. The molecular weight excluding hydrogens is 398 g/mol. The van der Waals surface area contributed by atoms with Gasteiger partial charge in [-0.05, 0) is 37.4 Å². The quantitative estimate of drug-likeness (QED) is 0.625. The van der Waals surface area contributed by atoms with Crippen molar-refractivity contribution in [1.29, 1.82) is 0 Å². The predicted octanol–water partition coefficient (Wildman–Crippen LogP) is 2.25. The summed E-state index contributed by atoms with van der Waals surface area (Å²) < 4.78 is 22.4. The van der Waals surface area contributed by atoms with Gasteiger partial charge in [0.2, 0.25) is 5.91 Å². The highest BCUT2D eigenvalue weighted by atomic mass is 35.5. The number of hydrogen-bond donors (Lipinski definition) is 2. The lowest BCUT2D eigenvalue weighted by Crippen LogP contribution is -2.41. The van der Waals surface area contributed by atoms with Crippen molar-refractivity contribution in [3.8, 4) is 0 Å². The highest BCUT2D eigenvalue weighted by molar-refractivity contribution is 7.90. The van der Waals surface area contributed by atoms with Crippen LogP contribution >= 0.6 is 12.4 Å². The maximum atomic E-state index is 12.2. The molecule has 1 aromatic carbocycles. The second kappa shape index (κ2) is 11.8. The lowest BCUT2D eigenvalue weighted by atomic mass is 9.94. The van der Waals surface area contributed by atoms with Crippen LogP contribution in [0.25, 0.3) is 0 Å². The van der Waals surface area contributed by atoms with Gasteiger partial charge in [-0.25, -0.2) is 8.42 Å². The summed E-state index contributed by atoms with van der Waals surface area (Å²) in [4.78, 5) is 14.6. The second-order valence-corrected chi connectivity index (χ2v) is 9.98. The molecule has 8 heteroatoms. The molecule has 0 bridgehead atoms. The first-order chi connectivity index (χ1) is 12.8. The molecule has 6 nitrogen and oxygen atoms in total. The van der Waals surface area contributed by atoms with Gasteiger partial charge in [0.05, 0.1) is 11.8 Å². The molecule has 0 radical (unpaired) electrons. The van der Waals surface area contributed by atoms with Crippen LogP contribution in [0.2, 0.25) is 0 Å². The third-order valence-corrected chi connectivity index (χ3v) is 6.30. The van der Waals surface area contributed by atoms with E-state index in [4.69, 9.17) is 5.73 Å². The molecular formula is C20H34ClN3O3S. The van der Waals surface area contributed by atoms with E-state index in [9.17, 15) is 13.2 Å². The van der Waals surface area contributed by atoms with E-state index in [1.54, 1.807) is 0 Å². The molecule has 0 aliphatic heterocycles. The fourth-order valence-corrected chi connectivity index (χ4v) is 4.27. The molecule has 3 N–H and O–H groups in total. The maximum absolute atomic E-state index is 12.2. The van der Waals surface area contributed by atoms with Gasteiger partial charge in [-0.1, -0.05) is 43.5 Å². The van der Waals surface area contributed by atoms with Crippen molar-refractivity contribution in [2.45, 2.75) is 63.7 Å². The molecule has 1 fully saturated rings. The van der Waals surface area contributed by atoms with E-state index in [0.717, 1.165) is 18.4 Å². The molecule has 1 aromatic rings. The van der Waals surface area contributed by atoms with Crippen LogP contribution in [0.4, 0.5) is 0 Å². The topological polar surface area (TPSA) is 92.5 Å². The fraction of sp³-hybridized carbons (Fsp3) is 0.650. The van der Waals surface area contributed by atoms with Gasteiger partial charge < -0.3 is 11.1 Å². The summed E-state index contributed by atoms with van der Waals surface area (Å²) in [6, 6.07) is 7.93. The molecule has 0 spiro atoms. The normalized spacial score (nSPS) is 16.4. The van der Waals surface area contributed by atoms with Crippen LogP contribution in [-0.2, 0) is 27.7 Å². The molecule has 1 aliphatic rings. The van der Waals surface area contributed by atoms with Gasteiger partial charge in [-0.15, -0.1) is 12.4 Å². The molecule has 1 amide bonds. The number of sulfone groups is 1. The summed E-state index contributed by atoms with van der Waals surface area (Å²) in [5.41, 5.74) is 8.10. The van der Waals surface area contributed by atoms with Crippen LogP contribution < -0.4 is 11.1 Å². The first-order valence-corrected chi connectivity index (χ1v) is 11.8. The maximum Gasteiger partial charge on any atom is 0.237 e. The van der Waals surface area contributed by atoms with Gasteiger partial charge in [0, 0.05) is 25.4 Å². The van der Waals surface area contributed by atoms with E-state index in [1.807, 2.05) is 18.2 Å². The number of nitrogens with one attached hydrogen (secondary N) is 1. The number of carbonyl (C=O) groups excluding carboxylic acids is 1. The minimum absolute atomic E-state index is 0. The molecule has 0 aromatic heterocycles. The van der Waals surface area contributed by atoms with Gasteiger partial charge in [-0.3, -0.25) is 9.69 Å². The van der Waals surface area contributed by atoms with Crippen molar-refractivity contribution in [1.82, 2.24) is 10.2 Å². The average molecular weight is 432 g/mol. The number of nitrogens with two attached hydrogens (primary N) is 1. The standard InChI is InChI=1S/C20H33N3O3S.ClH/c1-23(18-10-4-3-5-11-18)15-17-9-7-6-8-16(17)14-22-20(24)19(21)12-13-27(2,25)26;/h6-9,18-19H,3-5,10-15,21H2,1-2H3,(H,22,24);1H. The van der Waals surface area contributed by atoms with Crippen molar-refractivity contribution < 1.29 is 13.2 Å². The highest BCUT2D eigenvalue weighted by Crippen LogP contribution is 2.23. The predicted molar refractivity (Wildman–Crippen MR) is 116 cm³/mol. The molecule has 160 valence electrons. The van der Waals surface area contributed by atoms with Gasteiger partial charge in [0.15, 0.2) is 0 Å². The van der Waals surface area contributed by atoms with Crippen LogP contribution in [0.3, 0.4) is 0 Å². The van der Waals surface area contributed by atoms with Crippen LogP contribution in [0.15, 0.2) is 24.3 Å². The molecule has 1 unspecified atom stereocenters. The lowest BCUT2D eigenvalue weighted by Gasteiger charge is -2.31. The summed E-state index contributed by atoms with van der Waals surface area (Å²) in [7, 11) is -0.943. The Morgan fingerprint density at radius 3 is 2.43 bits per heavy atom. The molecule has 28 heavy (non-hydrogen) atoms. The number of rotatable bonds is 9. The van der Waals surface area contributed by atoms with Crippen LogP contribution in [0.1, 0.15) is 49.7 Å². The smallest absolute Gasteiger partial charge is 0.237 e. The Labute approximate surface area is 175 Å². The Morgan fingerprint density at radius 1 is 1.21 bits per heavy atom. The van der Waals surface area contributed by atoms with Crippen molar-refractivity contribution in [3.05, 3.63) is 35.4 Å². The van der Waals surface area contributed by atoms with Crippen molar-refractivity contribution in [2.24, 2.45) is 5.73 Å². The SMILES string of the molecule is CN(Cc1ccccc1CNC(=O)C(N)CCS(C)(=O)=O)C1CCCCC1.Cl. The fourth-order valence-electron chi connectivity index (χ4n) is 3.59. The molecule has 0 saturated heterocycles. The Hall–Kier alpha value is -1.15. The lowest BCUT2D eigenvalue weighted by molar-refractivity contribution is -0.122. The van der Waals surface area contributed by atoms with Gasteiger partial charge in [0.1, 0.15) is 9.84 Å². The van der Waals surface area contributed by atoms with E-state index in [2.05, 4.69) is 23.3 Å². The molecule has 1 atom stereocenters. The number of amides is 1. The zero-order chi connectivity index (χ0) is 19.9. The summed E-state index contributed by atoms with van der Waals surface area (Å²) in [6.45, 7) is 1.26. The van der Waals surface area contributed by atoms with Crippen molar-refractivity contribution >= 4 is 28.2 Å². The molecule has 1 aliphatic carbocycles. The van der Waals surface area contributed by atoms with E-state index in [-0.39, 0.29) is 30.5 Å². The van der Waals surface area contributed by atoms with Crippen LogP contribution in [0, 0.1) is 0 Å². The Balaban J connectivity index is 0.00000392. The first-order valence-electron chi connectivity index (χ1n) is 9.74. The zero-order valence-corrected chi connectivity index (χ0v) is 18.5. The monoisotopic (exact) mass is 431 g/mol. The largest absolute Gasteiger partial charge is 0.351 e. The van der Waals surface area contributed by atoms with Gasteiger partial charge in [0.25, 0.3) is 0 Å². The molecule has 0 heterocycles. The Morgan fingerprint density at radius 2 is 1.82 bits per heavy atom. The Bertz CT molecular complexity index is 721. The number of benzene rings is 1. The minimum Gasteiger partial charge on any atom is -0.351 e. The number of nitrogens with zero attached hydrogens (tertiary/aromatic N) is 1. The number of carbonyl (C=O) groups is 1.